The van der Waals surface area contributed by atoms with Crippen LogP contribution in [0, 0.1) is 0 Å². The molecule has 0 aromatic heterocycles. The molecular formula is C12H23NO5. The van der Waals surface area contributed by atoms with Crippen molar-refractivity contribution in [2.45, 2.75) is 52.2 Å². The zero-order chi connectivity index (χ0) is 14.3. The summed E-state index contributed by atoms with van der Waals surface area (Å²) in [5.41, 5.74) is -0.694. The fourth-order valence-electron chi connectivity index (χ4n) is 1.33. The summed E-state index contributed by atoms with van der Waals surface area (Å²) >= 11 is 0. The lowest BCUT2D eigenvalue weighted by Crippen LogP contribution is -2.49. The summed E-state index contributed by atoms with van der Waals surface area (Å²) in [5.74, 6) is -1.24. The monoisotopic (exact) mass is 261 g/mol. The highest BCUT2D eigenvalue weighted by atomic mass is 16.6. The molecule has 6 nitrogen and oxygen atoms in total. The van der Waals surface area contributed by atoms with E-state index in [1.54, 1.807) is 20.8 Å². The van der Waals surface area contributed by atoms with Crippen LogP contribution in [0.5, 0.6) is 0 Å². The summed E-state index contributed by atoms with van der Waals surface area (Å²) in [5, 5.41) is 18.1. The van der Waals surface area contributed by atoms with Crippen molar-refractivity contribution in [3.63, 3.8) is 0 Å². The predicted octanol–water partition coefficient (Wildman–Crippen LogP) is 1.47. The van der Waals surface area contributed by atoms with E-state index in [0.29, 0.717) is 6.42 Å². The number of carbonyl (C=O) groups excluding carboxylic acids is 1. The number of aliphatic hydroxyl groups excluding tert-OH is 1. The van der Waals surface area contributed by atoms with Crippen LogP contribution in [0.4, 0.5) is 4.79 Å². The Morgan fingerprint density at radius 2 is 1.89 bits per heavy atom. The van der Waals surface area contributed by atoms with Gasteiger partial charge in [-0.1, -0.05) is 13.3 Å². The standard InChI is InChI=1S/C12H23NO5/c1-5-6-7-13(9(8-14)10(15)16)11(17)18-12(2,3)4/h9,14H,5-8H2,1-4H3,(H,15,16). The van der Waals surface area contributed by atoms with Crippen LogP contribution in [-0.2, 0) is 9.53 Å². The van der Waals surface area contributed by atoms with Gasteiger partial charge in [-0.3, -0.25) is 4.90 Å². The number of carbonyl (C=O) groups is 2. The number of unbranched alkanes of at least 4 members (excludes halogenated alkanes) is 1. The van der Waals surface area contributed by atoms with E-state index >= 15 is 0 Å². The first-order chi connectivity index (χ1) is 8.22. The second kappa shape index (κ2) is 7.20. The molecule has 106 valence electrons. The lowest BCUT2D eigenvalue weighted by atomic mass is 10.2. The third-order valence-electron chi connectivity index (χ3n) is 2.21. The molecule has 0 spiro atoms. The molecule has 1 atom stereocenters. The first-order valence-corrected chi connectivity index (χ1v) is 6.06. The van der Waals surface area contributed by atoms with E-state index in [4.69, 9.17) is 14.9 Å². The Kier molecular flexibility index (Phi) is 6.68. The molecule has 0 rings (SSSR count). The molecule has 0 aromatic rings. The van der Waals surface area contributed by atoms with E-state index < -0.39 is 30.3 Å². The summed E-state index contributed by atoms with van der Waals surface area (Å²) in [6, 6.07) is -1.26. The maximum Gasteiger partial charge on any atom is 0.411 e. The average Bonchev–Trinajstić information content (AvgIpc) is 2.20. The molecule has 1 unspecified atom stereocenters. The second-order valence-electron chi connectivity index (χ2n) is 5.06. The van der Waals surface area contributed by atoms with Gasteiger partial charge in [0.15, 0.2) is 6.04 Å². The molecular weight excluding hydrogens is 238 g/mol. The van der Waals surface area contributed by atoms with E-state index in [1.165, 1.54) is 0 Å². The van der Waals surface area contributed by atoms with Gasteiger partial charge in [-0.15, -0.1) is 0 Å². The van der Waals surface area contributed by atoms with Gasteiger partial charge in [0.05, 0.1) is 6.61 Å². The molecule has 2 N–H and O–H groups in total. The quantitative estimate of drug-likeness (QED) is 0.756. The Morgan fingerprint density at radius 1 is 1.33 bits per heavy atom. The molecule has 18 heavy (non-hydrogen) atoms. The minimum atomic E-state index is -1.26. The lowest BCUT2D eigenvalue weighted by Gasteiger charge is -2.30. The van der Waals surface area contributed by atoms with E-state index in [2.05, 4.69) is 0 Å². The molecule has 6 heteroatoms. The molecule has 0 radical (unpaired) electrons. The van der Waals surface area contributed by atoms with Crippen molar-refractivity contribution in [3.05, 3.63) is 0 Å². The molecule has 0 saturated heterocycles. The Bertz CT molecular complexity index is 285. The van der Waals surface area contributed by atoms with Crippen molar-refractivity contribution in [1.29, 1.82) is 0 Å². The number of carboxylic acid groups (broad SMARTS) is 1. The summed E-state index contributed by atoms with van der Waals surface area (Å²) < 4.78 is 5.14. The molecule has 0 fully saturated rings. The van der Waals surface area contributed by atoms with Crippen molar-refractivity contribution < 1.29 is 24.5 Å². The minimum Gasteiger partial charge on any atom is -0.480 e. The van der Waals surface area contributed by atoms with E-state index in [1.807, 2.05) is 6.92 Å². The van der Waals surface area contributed by atoms with Crippen LogP contribution in [-0.4, -0.2) is 52.0 Å². The smallest absolute Gasteiger partial charge is 0.411 e. The minimum absolute atomic E-state index is 0.253. The van der Waals surface area contributed by atoms with E-state index in [9.17, 15) is 9.59 Å². The SMILES string of the molecule is CCCCN(C(=O)OC(C)(C)C)C(CO)C(=O)O. The predicted molar refractivity (Wildman–Crippen MR) is 66.4 cm³/mol. The van der Waals surface area contributed by atoms with Crippen LogP contribution in [0.25, 0.3) is 0 Å². The normalized spacial score (nSPS) is 12.9. The zero-order valence-corrected chi connectivity index (χ0v) is 11.5. The van der Waals surface area contributed by atoms with Crippen molar-refractivity contribution in [3.8, 4) is 0 Å². The zero-order valence-electron chi connectivity index (χ0n) is 11.5. The van der Waals surface area contributed by atoms with Gasteiger partial charge in [0.2, 0.25) is 0 Å². The molecule has 0 aliphatic carbocycles. The number of nitrogens with zero attached hydrogens (tertiary/aromatic N) is 1. The molecule has 0 aliphatic rings. The highest BCUT2D eigenvalue weighted by molar-refractivity contribution is 5.80. The number of hydrogen-bond donors (Lipinski definition) is 2. The number of ether oxygens (including phenoxy) is 1. The van der Waals surface area contributed by atoms with Crippen LogP contribution in [0.15, 0.2) is 0 Å². The largest absolute Gasteiger partial charge is 0.480 e. The van der Waals surface area contributed by atoms with Crippen LogP contribution in [0.2, 0.25) is 0 Å². The molecule has 0 aliphatic heterocycles. The van der Waals surface area contributed by atoms with E-state index in [0.717, 1.165) is 11.3 Å². The maximum atomic E-state index is 11.9. The second-order valence-corrected chi connectivity index (χ2v) is 5.06. The first-order valence-electron chi connectivity index (χ1n) is 6.06. The van der Waals surface area contributed by atoms with Gasteiger partial charge in [0, 0.05) is 6.54 Å². The number of amides is 1. The van der Waals surface area contributed by atoms with Crippen LogP contribution in [0.1, 0.15) is 40.5 Å². The Labute approximate surface area is 108 Å². The van der Waals surface area contributed by atoms with Gasteiger partial charge in [-0.2, -0.15) is 0 Å². The topological polar surface area (TPSA) is 87.1 Å². The Morgan fingerprint density at radius 3 is 2.22 bits per heavy atom. The summed E-state index contributed by atoms with van der Waals surface area (Å²) in [4.78, 5) is 24.0. The molecule has 0 bridgehead atoms. The number of aliphatic hydroxyl groups is 1. The third kappa shape index (κ3) is 5.86. The first kappa shape index (κ1) is 16.7. The lowest BCUT2D eigenvalue weighted by molar-refractivity contribution is -0.144. The maximum absolute atomic E-state index is 11.9. The summed E-state index contributed by atoms with van der Waals surface area (Å²) in [6.45, 7) is 6.68. The third-order valence-corrected chi connectivity index (χ3v) is 2.21. The fraction of sp³-hybridized carbons (Fsp3) is 0.833. The van der Waals surface area contributed by atoms with E-state index in [-0.39, 0.29) is 6.54 Å². The van der Waals surface area contributed by atoms with Crippen molar-refractivity contribution in [2.24, 2.45) is 0 Å². The number of aliphatic carboxylic acids is 1. The van der Waals surface area contributed by atoms with Gasteiger partial charge >= 0.3 is 12.1 Å². The Hall–Kier alpha value is -1.30. The van der Waals surface area contributed by atoms with Crippen LogP contribution < -0.4 is 0 Å². The van der Waals surface area contributed by atoms with Gasteiger partial charge < -0.3 is 14.9 Å². The van der Waals surface area contributed by atoms with Gasteiger partial charge in [-0.05, 0) is 27.2 Å². The van der Waals surface area contributed by atoms with Gasteiger partial charge in [-0.25, -0.2) is 9.59 Å². The average molecular weight is 261 g/mol. The molecule has 1 amide bonds. The number of hydrogen-bond acceptors (Lipinski definition) is 4. The fourth-order valence-corrected chi connectivity index (χ4v) is 1.33. The number of rotatable bonds is 6. The summed E-state index contributed by atoms with van der Waals surface area (Å²) in [6.07, 6.45) is 0.762. The highest BCUT2D eigenvalue weighted by Gasteiger charge is 2.31. The van der Waals surface area contributed by atoms with Gasteiger partial charge in [0.25, 0.3) is 0 Å². The molecule has 0 saturated carbocycles. The van der Waals surface area contributed by atoms with Crippen molar-refractivity contribution in [1.82, 2.24) is 4.90 Å². The van der Waals surface area contributed by atoms with Crippen LogP contribution >= 0.6 is 0 Å². The molecule has 0 aromatic carbocycles. The number of carboxylic acids is 1. The highest BCUT2D eigenvalue weighted by Crippen LogP contribution is 2.13. The van der Waals surface area contributed by atoms with Gasteiger partial charge in [0.1, 0.15) is 5.60 Å². The molecule has 0 heterocycles. The van der Waals surface area contributed by atoms with Crippen molar-refractivity contribution in [2.75, 3.05) is 13.2 Å². The van der Waals surface area contributed by atoms with Crippen molar-refractivity contribution >= 4 is 12.1 Å². The summed E-state index contributed by atoms with van der Waals surface area (Å²) in [7, 11) is 0. The Balaban J connectivity index is 4.85. The van der Waals surface area contributed by atoms with Crippen LogP contribution in [0.3, 0.4) is 0 Å².